The largest absolute Gasteiger partial charge is 0.421 e. The molecule has 4 nitrogen and oxygen atoms in total. The third kappa shape index (κ3) is 8.21. The predicted molar refractivity (Wildman–Crippen MR) is 301 cm³/mol. The van der Waals surface area contributed by atoms with E-state index in [1.54, 1.807) is 12.1 Å². The van der Waals surface area contributed by atoms with Gasteiger partial charge in [-0.05, 0) is 145 Å². The van der Waals surface area contributed by atoms with Crippen LogP contribution in [-0.2, 0) is 10.2 Å². The summed E-state index contributed by atoms with van der Waals surface area (Å²) >= 11 is 0. The number of hydrogen-bond acceptors (Lipinski definition) is 4. The van der Waals surface area contributed by atoms with E-state index in [-0.39, 0.29) is 11.8 Å². The fraction of sp³-hybridized carbons (Fsp3) is 0.0145. The van der Waals surface area contributed by atoms with E-state index in [0.29, 0.717) is 11.1 Å². The maximum Gasteiger partial charge on any atom is 0.221 e. The van der Waals surface area contributed by atoms with Gasteiger partial charge >= 0.3 is 0 Å². The predicted octanol–water partition coefficient (Wildman–Crippen LogP) is 17.6. The molecule has 0 radical (unpaired) electrons. The Hall–Kier alpha value is -9.64. The Bertz CT molecular complexity index is 3720. The Balaban J connectivity index is 0.852. The number of fused-ring (bicyclic) bond motifs is 3. The number of anilines is 3. The van der Waals surface area contributed by atoms with E-state index in [1.807, 2.05) is 42.5 Å². The van der Waals surface area contributed by atoms with Gasteiger partial charge in [-0.3, -0.25) is 10.8 Å². The van der Waals surface area contributed by atoms with E-state index in [0.717, 1.165) is 56.0 Å². The zero-order valence-corrected chi connectivity index (χ0v) is 40.0. The first kappa shape index (κ1) is 44.6. The van der Waals surface area contributed by atoms with Gasteiger partial charge in [0.25, 0.3) is 0 Å². The van der Waals surface area contributed by atoms with Crippen molar-refractivity contribution in [2.75, 3.05) is 4.90 Å². The normalized spacial score (nSPS) is 12.1. The van der Waals surface area contributed by atoms with Crippen molar-refractivity contribution in [1.82, 2.24) is 0 Å². The van der Waals surface area contributed by atoms with Gasteiger partial charge in [-0.25, -0.2) is 0 Å². The van der Waals surface area contributed by atoms with Crippen LogP contribution < -0.4 is 4.90 Å². The number of ether oxygens (including phenoxy) is 1. The lowest BCUT2D eigenvalue weighted by Gasteiger charge is -2.34. The lowest BCUT2D eigenvalue weighted by molar-refractivity contribution is 0.538. The first-order valence-electron chi connectivity index (χ1n) is 24.7. The highest BCUT2D eigenvalue weighted by Gasteiger charge is 2.46. The summed E-state index contributed by atoms with van der Waals surface area (Å²) in [4.78, 5) is 2.32. The molecule has 1 aliphatic rings. The van der Waals surface area contributed by atoms with E-state index in [4.69, 9.17) is 15.6 Å². The monoisotopic (exact) mass is 935 g/mol. The fourth-order valence-electron chi connectivity index (χ4n) is 10.8. The van der Waals surface area contributed by atoms with Crippen molar-refractivity contribution in [2.24, 2.45) is 0 Å². The fourth-order valence-corrected chi connectivity index (χ4v) is 10.8. The zero-order chi connectivity index (χ0) is 49.1. The first-order valence-corrected chi connectivity index (χ1v) is 24.7. The Kier molecular flexibility index (Phi) is 11.8. The molecule has 0 atom stereocenters. The van der Waals surface area contributed by atoms with Gasteiger partial charge in [0.1, 0.15) is 0 Å². The highest BCUT2D eigenvalue weighted by Crippen LogP contribution is 2.56. The van der Waals surface area contributed by atoms with Crippen LogP contribution in [0.1, 0.15) is 33.4 Å². The van der Waals surface area contributed by atoms with Crippen LogP contribution in [0.15, 0.2) is 285 Å². The molecule has 0 saturated carbocycles. The molecule has 11 aromatic carbocycles. The first-order chi connectivity index (χ1) is 36.0. The van der Waals surface area contributed by atoms with Gasteiger partial charge < -0.3 is 9.64 Å². The smallest absolute Gasteiger partial charge is 0.221 e. The van der Waals surface area contributed by atoms with E-state index < -0.39 is 5.41 Å². The van der Waals surface area contributed by atoms with Crippen molar-refractivity contribution in [1.29, 1.82) is 10.8 Å². The minimum atomic E-state index is -0.462. The van der Waals surface area contributed by atoms with Crippen LogP contribution in [0.2, 0.25) is 0 Å². The van der Waals surface area contributed by atoms with Crippen LogP contribution in [0, 0.1) is 10.8 Å². The van der Waals surface area contributed by atoms with Gasteiger partial charge in [0.05, 0.1) is 5.41 Å². The summed E-state index contributed by atoms with van der Waals surface area (Å²) in [6.45, 7) is 0. The molecule has 0 bridgehead atoms. The van der Waals surface area contributed by atoms with Crippen molar-refractivity contribution in [3.63, 3.8) is 0 Å². The van der Waals surface area contributed by atoms with E-state index in [1.165, 1.54) is 38.9 Å². The topological polar surface area (TPSA) is 60.2 Å². The van der Waals surface area contributed by atoms with Gasteiger partial charge in [-0.2, -0.15) is 0 Å². The maximum absolute atomic E-state index is 8.59. The van der Waals surface area contributed by atoms with Gasteiger partial charge in [0.15, 0.2) is 0 Å². The van der Waals surface area contributed by atoms with Crippen LogP contribution in [0.25, 0.3) is 55.6 Å². The summed E-state index contributed by atoms with van der Waals surface area (Å²) in [5.74, 6) is -0.123. The van der Waals surface area contributed by atoms with Crippen molar-refractivity contribution in [2.45, 2.75) is 5.41 Å². The number of nitrogens with one attached hydrogen (secondary N) is 2. The van der Waals surface area contributed by atoms with Gasteiger partial charge in [-0.1, -0.05) is 218 Å². The van der Waals surface area contributed by atoms with Gasteiger partial charge in [0, 0.05) is 28.2 Å². The van der Waals surface area contributed by atoms with Gasteiger partial charge in [-0.15, -0.1) is 0 Å². The van der Waals surface area contributed by atoms with Crippen LogP contribution >= 0.6 is 0 Å². The number of hydrogen-bond donors (Lipinski definition) is 2. The van der Waals surface area contributed by atoms with E-state index in [2.05, 4.69) is 235 Å². The van der Waals surface area contributed by atoms with Crippen LogP contribution in [-0.4, -0.2) is 11.8 Å². The Morgan fingerprint density at radius 1 is 0.288 bits per heavy atom. The molecule has 0 saturated heterocycles. The number of rotatable bonds is 11. The molecular formula is C69H49N3O. The average Bonchev–Trinajstić information content (AvgIpc) is 3.77. The molecule has 0 amide bonds. The van der Waals surface area contributed by atoms with Gasteiger partial charge in [0.2, 0.25) is 11.8 Å². The average molecular weight is 936 g/mol. The quantitative estimate of drug-likeness (QED) is 0.100. The summed E-state index contributed by atoms with van der Waals surface area (Å²) in [5.41, 5.74) is 20.5. The Morgan fingerprint density at radius 3 is 1.19 bits per heavy atom. The molecule has 0 aromatic heterocycles. The molecule has 0 unspecified atom stereocenters. The van der Waals surface area contributed by atoms with Crippen LogP contribution in [0.4, 0.5) is 17.1 Å². The second-order valence-electron chi connectivity index (χ2n) is 18.3. The molecule has 346 valence electrons. The highest BCUT2D eigenvalue weighted by atomic mass is 16.5. The van der Waals surface area contributed by atoms with Crippen molar-refractivity contribution in [3.05, 3.63) is 318 Å². The van der Waals surface area contributed by atoms with Crippen molar-refractivity contribution >= 4 is 28.9 Å². The van der Waals surface area contributed by atoms with Crippen LogP contribution in [0.3, 0.4) is 0 Å². The standard InChI is InChI=1S/C69H49N3O/c70-67(51-19-5-1-6-20-51)73-68(71)52-35-33-49(34-36-52)59-27-13-15-29-61(59)62-30-16-14-28-60(62)50-39-44-58(45-40-50)72(56-25-11-4-12-26-56)57-42-37-48(38-43-57)53-41-46-64-63-31-17-18-32-65(63)69(66(64)47-53,54-21-7-2-8-22-54)55-23-9-3-10-24-55/h1-47,70-71H. The third-order valence-electron chi connectivity index (χ3n) is 14.2. The third-order valence-corrected chi connectivity index (χ3v) is 14.2. The Labute approximate surface area is 426 Å². The number of para-hydroxylation sites is 1. The summed E-state index contributed by atoms with van der Waals surface area (Å²) < 4.78 is 5.63. The van der Waals surface area contributed by atoms with Crippen molar-refractivity contribution < 1.29 is 4.74 Å². The Morgan fingerprint density at radius 2 is 0.658 bits per heavy atom. The van der Waals surface area contributed by atoms with E-state index >= 15 is 0 Å². The van der Waals surface area contributed by atoms with Crippen molar-refractivity contribution in [3.8, 4) is 55.6 Å². The minimum absolute atomic E-state index is 0.0556. The maximum atomic E-state index is 8.59. The lowest BCUT2D eigenvalue weighted by Crippen LogP contribution is -2.28. The molecule has 11 aromatic rings. The molecule has 12 rings (SSSR count). The lowest BCUT2D eigenvalue weighted by atomic mass is 9.67. The number of benzene rings is 11. The highest BCUT2D eigenvalue weighted by molar-refractivity contribution is 6.05. The summed E-state index contributed by atoms with van der Waals surface area (Å²) in [7, 11) is 0. The summed E-state index contributed by atoms with van der Waals surface area (Å²) in [6, 6.07) is 100. The second-order valence-corrected chi connectivity index (χ2v) is 18.3. The molecule has 4 heteroatoms. The molecule has 0 aliphatic heterocycles. The molecule has 2 N–H and O–H groups in total. The van der Waals surface area contributed by atoms with E-state index in [9.17, 15) is 0 Å². The number of nitrogens with zero attached hydrogens (tertiary/aromatic N) is 1. The molecule has 73 heavy (non-hydrogen) atoms. The SMILES string of the molecule is N=C(OC(=N)c1ccc(-c2ccccc2-c2ccccc2-c2ccc(N(c3ccccc3)c3ccc(-c4ccc5c(c4)C(c4ccccc4)(c4ccccc4)c4ccccc4-5)cc3)cc2)cc1)c1ccccc1. The molecule has 0 fully saturated rings. The second kappa shape index (κ2) is 19.3. The van der Waals surface area contributed by atoms with Crippen LogP contribution in [0.5, 0.6) is 0 Å². The summed E-state index contributed by atoms with van der Waals surface area (Å²) in [5, 5.41) is 17.0. The molecule has 1 aliphatic carbocycles. The minimum Gasteiger partial charge on any atom is -0.421 e. The zero-order valence-electron chi connectivity index (χ0n) is 40.0. The molecule has 0 heterocycles. The molecule has 0 spiro atoms. The summed E-state index contributed by atoms with van der Waals surface area (Å²) in [6.07, 6.45) is 0. The molecular weight excluding hydrogens is 887 g/mol.